The first-order valence-electron chi connectivity index (χ1n) is 9.49. The van der Waals surface area contributed by atoms with Crippen LogP contribution in [-0.4, -0.2) is 37.0 Å². The van der Waals surface area contributed by atoms with Crippen LogP contribution >= 0.6 is 0 Å². The summed E-state index contributed by atoms with van der Waals surface area (Å²) in [6.45, 7) is 2.32. The van der Waals surface area contributed by atoms with E-state index >= 15 is 0 Å². The normalized spacial score (nSPS) is 19.2. The van der Waals surface area contributed by atoms with Gasteiger partial charge in [0.25, 0.3) is 0 Å². The van der Waals surface area contributed by atoms with Gasteiger partial charge in [0.2, 0.25) is 5.95 Å². The number of anilines is 2. The van der Waals surface area contributed by atoms with Gasteiger partial charge in [-0.2, -0.15) is 0 Å². The average molecular weight is 380 g/mol. The molecule has 8 nitrogen and oxygen atoms in total. The molecular formula is C20H24N6O2. The molecule has 2 aromatic heterocycles. The molecule has 1 aliphatic rings. The minimum Gasteiger partial charge on any atom is -0.396 e. The van der Waals surface area contributed by atoms with Gasteiger partial charge in [-0.3, -0.25) is 9.36 Å². The summed E-state index contributed by atoms with van der Waals surface area (Å²) in [6, 6.07) is 7.73. The molecule has 0 saturated heterocycles. The number of carbonyl (C=O) groups excluding carboxylic acids is 1. The van der Waals surface area contributed by atoms with Crippen LogP contribution < -0.4 is 11.1 Å². The zero-order valence-corrected chi connectivity index (χ0v) is 15.8. The maximum Gasteiger partial charge on any atom is 0.205 e. The highest BCUT2D eigenvalue weighted by Gasteiger charge is 2.29. The highest BCUT2D eigenvalue weighted by molar-refractivity contribution is 5.94. The van der Waals surface area contributed by atoms with Crippen LogP contribution in [0, 0.1) is 5.92 Å². The number of nitrogens with two attached hydrogens (primary N) is 1. The van der Waals surface area contributed by atoms with Crippen LogP contribution in [0.2, 0.25) is 0 Å². The number of ketones is 1. The molecule has 2 heterocycles. The largest absolute Gasteiger partial charge is 0.396 e. The molecule has 0 amide bonds. The zero-order valence-electron chi connectivity index (χ0n) is 15.8. The van der Waals surface area contributed by atoms with Crippen LogP contribution in [0.15, 0.2) is 30.6 Å². The Bertz CT molecular complexity index is 998. The van der Waals surface area contributed by atoms with Crippen LogP contribution in [0.4, 0.5) is 11.8 Å². The number of aliphatic hydroxyl groups is 1. The minimum absolute atomic E-state index is 0.0509. The number of hydrogen-bond acceptors (Lipinski definition) is 7. The summed E-state index contributed by atoms with van der Waals surface area (Å²) < 4.78 is 2.09. The van der Waals surface area contributed by atoms with Gasteiger partial charge in [0.15, 0.2) is 22.8 Å². The second-order valence-electron chi connectivity index (χ2n) is 7.36. The Balaban J connectivity index is 1.63. The predicted molar refractivity (Wildman–Crippen MR) is 107 cm³/mol. The molecule has 0 radical (unpaired) electrons. The summed E-state index contributed by atoms with van der Waals surface area (Å²) in [5.74, 6) is 1.40. The van der Waals surface area contributed by atoms with E-state index in [2.05, 4.69) is 24.8 Å². The van der Waals surface area contributed by atoms with Crippen LogP contribution in [0.3, 0.4) is 0 Å². The Morgan fingerprint density at radius 3 is 2.75 bits per heavy atom. The predicted octanol–water partition coefficient (Wildman–Crippen LogP) is 2.56. The molecule has 1 aromatic carbocycles. The van der Waals surface area contributed by atoms with Crippen molar-refractivity contribution in [3.8, 4) is 0 Å². The first kappa shape index (κ1) is 18.4. The highest BCUT2D eigenvalue weighted by Crippen LogP contribution is 2.38. The van der Waals surface area contributed by atoms with Crippen molar-refractivity contribution in [2.75, 3.05) is 17.7 Å². The molecule has 1 aliphatic carbocycles. The lowest BCUT2D eigenvalue weighted by molar-refractivity contribution is 0.101. The van der Waals surface area contributed by atoms with Crippen molar-refractivity contribution in [3.63, 3.8) is 0 Å². The Hall–Kier alpha value is -3.00. The van der Waals surface area contributed by atoms with Gasteiger partial charge in [0, 0.05) is 24.8 Å². The second kappa shape index (κ2) is 7.55. The van der Waals surface area contributed by atoms with E-state index in [-0.39, 0.29) is 18.4 Å². The van der Waals surface area contributed by atoms with E-state index in [1.807, 2.05) is 24.3 Å². The molecule has 2 unspecified atom stereocenters. The number of Topliss-reactive ketones (excluding diaryl/α,β-unsaturated/α-hetero) is 1. The molecule has 1 saturated carbocycles. The van der Waals surface area contributed by atoms with E-state index in [9.17, 15) is 9.90 Å². The molecule has 146 valence electrons. The first-order valence-corrected chi connectivity index (χ1v) is 9.49. The Morgan fingerprint density at radius 2 is 2.07 bits per heavy atom. The number of rotatable bonds is 6. The SMILES string of the molecule is CC(=O)c1ccc(CNc2nc3c(N)ncnc3n2C2CCC(CO)C2)cc1. The number of aromatic nitrogens is 4. The zero-order chi connectivity index (χ0) is 19.7. The van der Waals surface area contributed by atoms with Crippen molar-refractivity contribution in [1.29, 1.82) is 0 Å². The number of benzene rings is 1. The van der Waals surface area contributed by atoms with Gasteiger partial charge in [-0.05, 0) is 37.7 Å². The summed E-state index contributed by atoms with van der Waals surface area (Å²) in [7, 11) is 0. The molecule has 0 aliphatic heterocycles. The molecule has 3 aromatic rings. The third kappa shape index (κ3) is 3.43. The van der Waals surface area contributed by atoms with Gasteiger partial charge in [0.05, 0.1) is 0 Å². The fourth-order valence-electron chi connectivity index (χ4n) is 3.88. The monoisotopic (exact) mass is 380 g/mol. The molecule has 8 heteroatoms. The van der Waals surface area contributed by atoms with Crippen LogP contribution in [0.5, 0.6) is 0 Å². The van der Waals surface area contributed by atoms with Gasteiger partial charge in [0.1, 0.15) is 6.33 Å². The molecule has 4 rings (SSSR count). The summed E-state index contributed by atoms with van der Waals surface area (Å²) >= 11 is 0. The molecule has 4 N–H and O–H groups in total. The number of hydrogen-bond donors (Lipinski definition) is 3. The van der Waals surface area contributed by atoms with Gasteiger partial charge >= 0.3 is 0 Å². The maximum atomic E-state index is 11.4. The fraction of sp³-hybridized carbons (Fsp3) is 0.400. The van der Waals surface area contributed by atoms with Crippen LogP contribution in [0.25, 0.3) is 11.2 Å². The molecule has 28 heavy (non-hydrogen) atoms. The quantitative estimate of drug-likeness (QED) is 0.562. The molecule has 0 spiro atoms. The topological polar surface area (TPSA) is 119 Å². The van der Waals surface area contributed by atoms with Crippen molar-refractivity contribution < 1.29 is 9.90 Å². The molecule has 2 atom stereocenters. The van der Waals surface area contributed by atoms with Gasteiger partial charge < -0.3 is 16.2 Å². The van der Waals surface area contributed by atoms with Crippen molar-refractivity contribution >= 4 is 28.7 Å². The number of nitrogens with one attached hydrogen (secondary N) is 1. The smallest absolute Gasteiger partial charge is 0.205 e. The highest BCUT2D eigenvalue weighted by atomic mass is 16.3. The maximum absolute atomic E-state index is 11.4. The molecule has 1 fully saturated rings. The minimum atomic E-state index is 0.0509. The number of nitrogens with zero attached hydrogens (tertiary/aromatic N) is 4. The van der Waals surface area contributed by atoms with Gasteiger partial charge in [-0.15, -0.1) is 0 Å². The van der Waals surface area contributed by atoms with E-state index in [4.69, 9.17) is 5.73 Å². The average Bonchev–Trinajstić information content (AvgIpc) is 3.31. The van der Waals surface area contributed by atoms with Crippen molar-refractivity contribution in [2.45, 2.75) is 38.8 Å². The third-order valence-corrected chi connectivity index (χ3v) is 5.45. The van der Waals surface area contributed by atoms with Crippen LogP contribution in [0.1, 0.15) is 48.1 Å². The van der Waals surface area contributed by atoms with E-state index < -0.39 is 0 Å². The number of imidazole rings is 1. The number of fused-ring (bicyclic) bond motifs is 1. The van der Waals surface area contributed by atoms with E-state index in [0.717, 1.165) is 24.8 Å². The number of carbonyl (C=O) groups is 1. The summed E-state index contributed by atoms with van der Waals surface area (Å²) in [4.78, 5) is 24.6. The molecular weight excluding hydrogens is 356 g/mol. The van der Waals surface area contributed by atoms with Crippen molar-refractivity contribution in [1.82, 2.24) is 19.5 Å². The third-order valence-electron chi connectivity index (χ3n) is 5.45. The Morgan fingerprint density at radius 1 is 1.29 bits per heavy atom. The van der Waals surface area contributed by atoms with Crippen molar-refractivity contribution in [2.24, 2.45) is 5.92 Å². The van der Waals surface area contributed by atoms with E-state index in [1.165, 1.54) is 6.33 Å². The number of aliphatic hydroxyl groups excluding tert-OH is 1. The lowest BCUT2D eigenvalue weighted by Crippen LogP contribution is -2.13. The van der Waals surface area contributed by atoms with E-state index in [0.29, 0.717) is 41.0 Å². The summed E-state index contributed by atoms with van der Waals surface area (Å²) in [6.07, 6.45) is 4.28. The lowest BCUT2D eigenvalue weighted by atomic mass is 10.1. The summed E-state index contributed by atoms with van der Waals surface area (Å²) in [5.41, 5.74) is 9.06. The lowest BCUT2D eigenvalue weighted by Gasteiger charge is -2.17. The van der Waals surface area contributed by atoms with Gasteiger partial charge in [-0.1, -0.05) is 24.3 Å². The summed E-state index contributed by atoms with van der Waals surface area (Å²) in [5, 5.41) is 12.9. The van der Waals surface area contributed by atoms with Crippen molar-refractivity contribution in [3.05, 3.63) is 41.7 Å². The molecule has 0 bridgehead atoms. The number of nitrogen functional groups attached to an aromatic ring is 1. The fourth-order valence-corrected chi connectivity index (χ4v) is 3.88. The van der Waals surface area contributed by atoms with Gasteiger partial charge in [-0.25, -0.2) is 15.0 Å². The van der Waals surface area contributed by atoms with Crippen LogP contribution in [-0.2, 0) is 6.54 Å². The Labute approximate surface area is 162 Å². The van der Waals surface area contributed by atoms with E-state index in [1.54, 1.807) is 6.92 Å². The first-order chi connectivity index (χ1) is 13.6. The second-order valence-corrected chi connectivity index (χ2v) is 7.36. The Kier molecular flexibility index (Phi) is 4.95. The standard InChI is InChI=1S/C20H24N6O2/c1-12(28)15-5-2-13(3-6-15)9-22-20-25-17-18(21)23-11-24-19(17)26(20)16-7-4-14(8-16)10-27/h2-3,5-6,11,14,16,27H,4,7-10H2,1H3,(H,22,25)(H2,21,23,24).